The lowest BCUT2D eigenvalue weighted by atomic mass is 10.2. The van der Waals surface area contributed by atoms with E-state index in [0.29, 0.717) is 19.7 Å². The van der Waals surface area contributed by atoms with Gasteiger partial charge in [-0.25, -0.2) is 9.78 Å². The Hall–Kier alpha value is -2.06. The van der Waals surface area contributed by atoms with Crippen LogP contribution in [0.2, 0.25) is 18.1 Å². The van der Waals surface area contributed by atoms with Gasteiger partial charge in [-0.15, -0.1) is 0 Å². The highest BCUT2D eigenvalue weighted by atomic mass is 28.4. The molecule has 0 aliphatic carbocycles. The average Bonchev–Trinajstić information content (AvgIpc) is 2.88. The van der Waals surface area contributed by atoms with Crippen molar-refractivity contribution >= 4 is 31.4 Å². The van der Waals surface area contributed by atoms with Crippen LogP contribution in [0.3, 0.4) is 0 Å². The summed E-state index contributed by atoms with van der Waals surface area (Å²) < 4.78 is 14.4. The van der Waals surface area contributed by atoms with Crippen LogP contribution >= 0.6 is 0 Å². The summed E-state index contributed by atoms with van der Waals surface area (Å²) in [6.07, 6.45) is 0.642. The molecule has 8 heteroatoms. The average molecular weight is 475 g/mol. The topological polar surface area (TPSA) is 59.8 Å². The summed E-state index contributed by atoms with van der Waals surface area (Å²) in [6.45, 7) is 21.4. The Morgan fingerprint density at radius 2 is 1.73 bits per heavy atom. The predicted molar refractivity (Wildman–Crippen MR) is 138 cm³/mol. The molecule has 1 aromatic heterocycles. The first-order valence-electron chi connectivity index (χ1n) is 12.1. The van der Waals surface area contributed by atoms with Gasteiger partial charge in [0.1, 0.15) is 5.60 Å². The molecule has 1 amide bonds. The normalized spacial score (nSPS) is 16.2. The number of hydrogen-bond acceptors (Lipinski definition) is 5. The van der Waals surface area contributed by atoms with Crippen molar-refractivity contribution in [1.29, 1.82) is 0 Å². The van der Waals surface area contributed by atoms with Gasteiger partial charge in [-0.1, -0.05) is 32.9 Å². The van der Waals surface area contributed by atoms with E-state index in [2.05, 4.69) is 61.5 Å². The van der Waals surface area contributed by atoms with Gasteiger partial charge in [-0.3, -0.25) is 0 Å². The van der Waals surface area contributed by atoms with E-state index in [4.69, 9.17) is 14.1 Å². The second-order valence-electron chi connectivity index (χ2n) is 11.5. The monoisotopic (exact) mass is 474 g/mol. The fourth-order valence-corrected chi connectivity index (χ4v) is 4.79. The molecule has 1 aliphatic rings. The largest absolute Gasteiger partial charge is 0.444 e. The highest BCUT2D eigenvalue weighted by Crippen LogP contribution is 2.36. The molecule has 0 unspecified atom stereocenters. The maximum Gasteiger partial charge on any atom is 0.410 e. The summed E-state index contributed by atoms with van der Waals surface area (Å²) in [4.78, 5) is 21.7. The third-order valence-electron chi connectivity index (χ3n) is 6.65. The van der Waals surface area contributed by atoms with Crippen LogP contribution in [-0.4, -0.2) is 67.2 Å². The molecule has 0 N–H and O–H groups in total. The van der Waals surface area contributed by atoms with Crippen molar-refractivity contribution in [1.82, 2.24) is 14.5 Å². The van der Waals surface area contributed by atoms with Crippen LogP contribution in [0.25, 0.3) is 11.0 Å². The molecule has 1 saturated heterocycles. The number of benzene rings is 1. The van der Waals surface area contributed by atoms with Gasteiger partial charge in [-0.2, -0.15) is 0 Å². The zero-order valence-corrected chi connectivity index (χ0v) is 22.8. The van der Waals surface area contributed by atoms with E-state index in [0.717, 1.165) is 43.0 Å². The van der Waals surface area contributed by atoms with Gasteiger partial charge in [0.05, 0.1) is 17.6 Å². The second kappa shape index (κ2) is 9.66. The minimum atomic E-state index is -1.82. The Kier molecular flexibility index (Phi) is 7.48. The van der Waals surface area contributed by atoms with Crippen LogP contribution in [0.1, 0.15) is 48.0 Å². The number of ether oxygens (including phenoxy) is 1. The SMILES string of the molecule is CC(C)(C)OC(=O)N1CCCN(c2nc3ccccc3n2CCO[Si](C)(C)C(C)(C)C)CC1. The Bertz CT molecular complexity index is 959. The number of amides is 1. The molecule has 3 rings (SSSR count). The maximum atomic E-state index is 12.6. The first-order chi connectivity index (χ1) is 15.3. The number of anilines is 1. The van der Waals surface area contributed by atoms with Crippen LogP contribution in [0.4, 0.5) is 10.7 Å². The standard InChI is InChI=1S/C25H42N4O3Si/c1-24(2,3)32-23(30)28-15-11-14-27(16-17-28)22-26-20-12-9-10-13-21(20)29(22)18-19-31-33(7,8)25(4,5)6/h9-10,12-13H,11,14-19H2,1-8H3. The van der Waals surface area contributed by atoms with E-state index in [1.165, 1.54) is 0 Å². The molecule has 1 aromatic carbocycles. The molecular weight excluding hydrogens is 432 g/mol. The Morgan fingerprint density at radius 1 is 1.03 bits per heavy atom. The summed E-state index contributed by atoms with van der Waals surface area (Å²) in [5, 5.41) is 0.183. The summed E-state index contributed by atoms with van der Waals surface area (Å²) in [5.74, 6) is 0.959. The molecular formula is C25H42N4O3Si. The van der Waals surface area contributed by atoms with Crippen molar-refractivity contribution in [3.63, 3.8) is 0 Å². The van der Waals surface area contributed by atoms with E-state index in [1.807, 2.05) is 31.7 Å². The fourth-order valence-electron chi connectivity index (χ4n) is 3.76. The molecule has 0 radical (unpaired) electrons. The number of rotatable bonds is 5. The van der Waals surface area contributed by atoms with Crippen LogP contribution in [0.15, 0.2) is 24.3 Å². The summed E-state index contributed by atoms with van der Waals surface area (Å²) in [5.41, 5.74) is 1.63. The number of para-hydroxylation sites is 2. The molecule has 0 saturated carbocycles. The van der Waals surface area contributed by atoms with Crippen LogP contribution in [-0.2, 0) is 15.7 Å². The minimum absolute atomic E-state index is 0.183. The lowest BCUT2D eigenvalue weighted by Gasteiger charge is -2.36. The smallest absolute Gasteiger partial charge is 0.410 e. The number of carbonyl (C=O) groups is 1. The zero-order chi connectivity index (χ0) is 24.4. The number of carbonyl (C=O) groups excluding carboxylic acids is 1. The summed E-state index contributed by atoms with van der Waals surface area (Å²) in [7, 11) is -1.82. The molecule has 0 spiro atoms. The molecule has 0 atom stereocenters. The minimum Gasteiger partial charge on any atom is -0.444 e. The van der Waals surface area contributed by atoms with E-state index in [9.17, 15) is 4.79 Å². The van der Waals surface area contributed by atoms with Gasteiger partial charge >= 0.3 is 6.09 Å². The first kappa shape index (κ1) is 25.6. The van der Waals surface area contributed by atoms with E-state index >= 15 is 0 Å². The number of aromatic nitrogens is 2. The molecule has 33 heavy (non-hydrogen) atoms. The zero-order valence-electron chi connectivity index (χ0n) is 21.8. The van der Waals surface area contributed by atoms with Gasteiger partial charge in [0.2, 0.25) is 5.95 Å². The molecule has 1 aliphatic heterocycles. The molecule has 1 fully saturated rings. The van der Waals surface area contributed by atoms with Crippen molar-refractivity contribution in [2.75, 3.05) is 37.7 Å². The van der Waals surface area contributed by atoms with Gasteiger partial charge in [-0.05, 0) is 57.5 Å². The van der Waals surface area contributed by atoms with Crippen LogP contribution in [0, 0.1) is 0 Å². The van der Waals surface area contributed by atoms with Gasteiger partial charge < -0.3 is 23.5 Å². The molecule has 2 aromatic rings. The number of hydrogen-bond donors (Lipinski definition) is 0. The Balaban J connectivity index is 1.77. The molecule has 0 bridgehead atoms. The third-order valence-corrected chi connectivity index (χ3v) is 11.2. The number of nitrogens with zero attached hydrogens (tertiary/aromatic N) is 4. The molecule has 184 valence electrons. The van der Waals surface area contributed by atoms with Crippen LogP contribution in [0.5, 0.6) is 0 Å². The van der Waals surface area contributed by atoms with E-state index < -0.39 is 13.9 Å². The molecule has 2 heterocycles. The van der Waals surface area contributed by atoms with E-state index in [1.54, 1.807) is 0 Å². The third kappa shape index (κ3) is 6.29. The van der Waals surface area contributed by atoms with Crippen molar-refractivity contribution in [3.05, 3.63) is 24.3 Å². The van der Waals surface area contributed by atoms with Gasteiger partial charge in [0, 0.05) is 32.7 Å². The predicted octanol–water partition coefficient (Wildman–Crippen LogP) is 5.51. The van der Waals surface area contributed by atoms with Gasteiger partial charge in [0.15, 0.2) is 8.32 Å². The van der Waals surface area contributed by atoms with Crippen molar-refractivity contribution < 1.29 is 14.0 Å². The van der Waals surface area contributed by atoms with Crippen molar-refractivity contribution in [2.45, 2.75) is 78.2 Å². The maximum absolute atomic E-state index is 12.6. The second-order valence-corrected chi connectivity index (χ2v) is 16.3. The Labute approximate surface area is 200 Å². The fraction of sp³-hybridized carbons (Fsp3) is 0.680. The highest BCUT2D eigenvalue weighted by molar-refractivity contribution is 6.74. The lowest BCUT2D eigenvalue weighted by molar-refractivity contribution is 0.0263. The number of fused-ring (bicyclic) bond motifs is 1. The highest BCUT2D eigenvalue weighted by Gasteiger charge is 2.37. The first-order valence-corrected chi connectivity index (χ1v) is 15.0. The number of imidazole rings is 1. The van der Waals surface area contributed by atoms with E-state index in [-0.39, 0.29) is 11.1 Å². The summed E-state index contributed by atoms with van der Waals surface area (Å²) in [6, 6.07) is 8.28. The Morgan fingerprint density at radius 3 is 2.39 bits per heavy atom. The quantitative estimate of drug-likeness (QED) is 0.535. The van der Waals surface area contributed by atoms with Crippen molar-refractivity contribution in [2.24, 2.45) is 0 Å². The van der Waals surface area contributed by atoms with Crippen molar-refractivity contribution in [3.8, 4) is 0 Å². The summed E-state index contributed by atoms with van der Waals surface area (Å²) >= 11 is 0. The lowest BCUT2D eigenvalue weighted by Crippen LogP contribution is -2.41. The van der Waals surface area contributed by atoms with Gasteiger partial charge in [0.25, 0.3) is 0 Å². The molecule has 7 nitrogen and oxygen atoms in total. The van der Waals surface area contributed by atoms with Crippen LogP contribution < -0.4 is 4.90 Å².